The van der Waals surface area contributed by atoms with Crippen LogP contribution in [0, 0.1) is 6.92 Å². The van der Waals surface area contributed by atoms with Gasteiger partial charge in [-0.05, 0) is 74.8 Å². The molecular weight excluding hydrogens is 478 g/mol. The number of aromatic nitrogens is 6. The highest BCUT2D eigenvalue weighted by atomic mass is 32.1. The molecule has 37 heavy (non-hydrogen) atoms. The first kappa shape index (κ1) is 22.3. The molecule has 7 rings (SSSR count). The summed E-state index contributed by atoms with van der Waals surface area (Å²) in [5, 5.41) is 8.93. The summed E-state index contributed by atoms with van der Waals surface area (Å²) in [6.45, 7) is 5.40. The zero-order chi connectivity index (χ0) is 24.8. The molecule has 0 radical (unpaired) electrons. The van der Waals surface area contributed by atoms with Gasteiger partial charge in [-0.1, -0.05) is 6.42 Å². The molecule has 0 aromatic carbocycles. The number of piperidine rings is 1. The van der Waals surface area contributed by atoms with Gasteiger partial charge in [0.15, 0.2) is 0 Å². The van der Waals surface area contributed by atoms with Crippen LogP contribution >= 0.6 is 11.3 Å². The number of fused-ring (bicyclic) bond motifs is 2. The highest BCUT2D eigenvalue weighted by Gasteiger charge is 2.17. The smallest absolute Gasteiger partial charge is 0.135 e. The summed E-state index contributed by atoms with van der Waals surface area (Å²) in [5.74, 6) is 0. The van der Waals surface area contributed by atoms with E-state index in [1.54, 1.807) is 11.3 Å². The van der Waals surface area contributed by atoms with Crippen molar-refractivity contribution in [2.45, 2.75) is 32.7 Å². The second-order valence-electron chi connectivity index (χ2n) is 9.83. The van der Waals surface area contributed by atoms with E-state index in [-0.39, 0.29) is 0 Å². The Bertz CT molecular complexity index is 1720. The Morgan fingerprint density at radius 1 is 0.919 bits per heavy atom. The minimum absolute atomic E-state index is 0.804. The zero-order valence-corrected chi connectivity index (χ0v) is 21.5. The number of aryl methyl sites for hydroxylation is 1. The third-order valence-corrected chi connectivity index (χ3v) is 8.19. The largest absolute Gasteiger partial charge is 0.352 e. The third kappa shape index (κ3) is 4.22. The van der Waals surface area contributed by atoms with Crippen LogP contribution in [0.2, 0.25) is 0 Å². The maximum atomic E-state index is 5.04. The summed E-state index contributed by atoms with van der Waals surface area (Å²) >= 11 is 1.78. The SMILES string of the molecule is Cc1ccc(-c2cncc3[nH]c(-c4n[nH]c5ccc(-c6cncc(CN7CCCCC7)c6)nc45)cc23)s1. The summed E-state index contributed by atoms with van der Waals surface area (Å²) in [6.07, 6.45) is 11.6. The molecule has 1 aliphatic rings. The Morgan fingerprint density at radius 3 is 2.68 bits per heavy atom. The number of likely N-dealkylation sites (tertiary alicyclic amines) is 1. The summed E-state index contributed by atoms with van der Waals surface area (Å²) < 4.78 is 0. The molecule has 8 heteroatoms. The highest BCUT2D eigenvalue weighted by Crippen LogP contribution is 2.36. The van der Waals surface area contributed by atoms with E-state index < -0.39 is 0 Å². The molecule has 0 spiro atoms. The number of H-pyrrole nitrogens is 2. The van der Waals surface area contributed by atoms with Crippen molar-refractivity contribution in [3.05, 3.63) is 71.6 Å². The number of nitrogens with one attached hydrogen (secondary N) is 2. The van der Waals surface area contributed by atoms with Crippen molar-refractivity contribution in [1.82, 2.24) is 35.0 Å². The maximum Gasteiger partial charge on any atom is 0.135 e. The number of hydrogen-bond acceptors (Lipinski definition) is 6. The van der Waals surface area contributed by atoms with Gasteiger partial charge in [0.05, 0.1) is 28.6 Å². The van der Waals surface area contributed by atoms with Crippen molar-refractivity contribution >= 4 is 33.3 Å². The first-order chi connectivity index (χ1) is 18.2. The monoisotopic (exact) mass is 505 g/mol. The van der Waals surface area contributed by atoms with Gasteiger partial charge in [-0.3, -0.25) is 20.0 Å². The second-order valence-corrected chi connectivity index (χ2v) is 11.1. The molecule has 2 N–H and O–H groups in total. The fraction of sp³-hybridized carbons (Fsp3) is 0.241. The molecule has 184 valence electrons. The van der Waals surface area contributed by atoms with Gasteiger partial charge in [0.25, 0.3) is 0 Å². The molecule has 7 heterocycles. The van der Waals surface area contributed by atoms with Crippen molar-refractivity contribution in [1.29, 1.82) is 0 Å². The van der Waals surface area contributed by atoms with Crippen LogP contribution in [-0.4, -0.2) is 48.1 Å². The number of pyridine rings is 3. The molecule has 6 aromatic heterocycles. The molecule has 1 aliphatic heterocycles. The highest BCUT2D eigenvalue weighted by molar-refractivity contribution is 7.15. The van der Waals surface area contributed by atoms with Gasteiger partial charge in [0, 0.05) is 51.4 Å². The average molecular weight is 506 g/mol. The van der Waals surface area contributed by atoms with E-state index >= 15 is 0 Å². The van der Waals surface area contributed by atoms with Gasteiger partial charge < -0.3 is 4.98 Å². The fourth-order valence-electron chi connectivity index (χ4n) is 5.29. The Balaban J connectivity index is 1.26. The van der Waals surface area contributed by atoms with Crippen molar-refractivity contribution < 1.29 is 0 Å². The van der Waals surface area contributed by atoms with Crippen LogP contribution in [0.4, 0.5) is 0 Å². The number of nitrogens with zero attached hydrogens (tertiary/aromatic N) is 5. The lowest BCUT2D eigenvalue weighted by molar-refractivity contribution is 0.220. The van der Waals surface area contributed by atoms with Crippen LogP contribution in [0.3, 0.4) is 0 Å². The number of hydrogen-bond donors (Lipinski definition) is 2. The molecule has 0 unspecified atom stereocenters. The molecule has 0 aliphatic carbocycles. The molecule has 0 atom stereocenters. The molecule has 1 fully saturated rings. The van der Waals surface area contributed by atoms with E-state index in [2.05, 4.69) is 67.3 Å². The molecule has 1 saturated heterocycles. The van der Waals surface area contributed by atoms with Crippen molar-refractivity contribution in [2.24, 2.45) is 0 Å². The number of rotatable bonds is 5. The van der Waals surface area contributed by atoms with E-state index in [9.17, 15) is 0 Å². The van der Waals surface area contributed by atoms with E-state index in [1.807, 2.05) is 30.9 Å². The average Bonchev–Trinajstić information content (AvgIpc) is 3.66. The molecule has 0 bridgehead atoms. The lowest BCUT2D eigenvalue weighted by Gasteiger charge is -2.26. The van der Waals surface area contributed by atoms with E-state index in [1.165, 1.54) is 47.7 Å². The van der Waals surface area contributed by atoms with Crippen molar-refractivity contribution in [3.63, 3.8) is 0 Å². The lowest BCUT2D eigenvalue weighted by Crippen LogP contribution is -2.29. The van der Waals surface area contributed by atoms with Crippen LogP contribution in [0.5, 0.6) is 0 Å². The Labute approximate surface area is 218 Å². The number of thiophene rings is 1. The molecular formula is C29H27N7S. The minimum Gasteiger partial charge on any atom is -0.352 e. The topological polar surface area (TPSA) is 86.4 Å². The zero-order valence-electron chi connectivity index (χ0n) is 20.7. The maximum absolute atomic E-state index is 5.04. The van der Waals surface area contributed by atoms with Gasteiger partial charge >= 0.3 is 0 Å². The van der Waals surface area contributed by atoms with Crippen LogP contribution in [0.15, 0.2) is 61.2 Å². The Kier molecular flexibility index (Phi) is 5.56. The summed E-state index contributed by atoms with van der Waals surface area (Å²) in [7, 11) is 0. The second kappa shape index (κ2) is 9.21. The van der Waals surface area contributed by atoms with E-state index in [4.69, 9.17) is 4.98 Å². The summed E-state index contributed by atoms with van der Waals surface area (Å²) in [4.78, 5) is 22.6. The van der Waals surface area contributed by atoms with E-state index in [0.717, 1.165) is 56.7 Å². The van der Waals surface area contributed by atoms with Gasteiger partial charge in [0.1, 0.15) is 11.2 Å². The van der Waals surface area contributed by atoms with Crippen molar-refractivity contribution in [3.8, 4) is 33.1 Å². The lowest BCUT2D eigenvalue weighted by atomic mass is 10.1. The fourth-order valence-corrected chi connectivity index (χ4v) is 6.18. The van der Waals surface area contributed by atoms with Gasteiger partial charge in [-0.2, -0.15) is 5.10 Å². The standard InChI is InChI=1S/C29H27N7S/c1-18-5-8-27(37-18)22-15-31-16-26-21(22)12-25(32-26)29-28-24(34-35-29)7-6-23(33-28)20-11-19(13-30-14-20)17-36-9-3-2-4-10-36/h5-8,11-16,32H,2-4,9-10,17H2,1H3,(H,34,35). The third-order valence-electron chi connectivity index (χ3n) is 7.16. The van der Waals surface area contributed by atoms with Gasteiger partial charge in [0.2, 0.25) is 0 Å². The Morgan fingerprint density at radius 2 is 1.81 bits per heavy atom. The van der Waals surface area contributed by atoms with Crippen LogP contribution in [-0.2, 0) is 6.54 Å². The number of aromatic amines is 2. The summed E-state index contributed by atoms with van der Waals surface area (Å²) in [6, 6.07) is 12.8. The predicted octanol–water partition coefficient (Wildman–Crippen LogP) is 6.59. The van der Waals surface area contributed by atoms with Gasteiger partial charge in [-0.15, -0.1) is 11.3 Å². The summed E-state index contributed by atoms with van der Waals surface area (Å²) in [5.41, 5.74) is 8.74. The molecule has 0 saturated carbocycles. The minimum atomic E-state index is 0.804. The van der Waals surface area contributed by atoms with E-state index in [0.29, 0.717) is 0 Å². The normalized spacial score (nSPS) is 14.6. The van der Waals surface area contributed by atoms with Crippen LogP contribution in [0.1, 0.15) is 29.7 Å². The van der Waals surface area contributed by atoms with Crippen LogP contribution in [0.25, 0.3) is 55.0 Å². The molecule has 0 amide bonds. The Hall–Kier alpha value is -3.88. The van der Waals surface area contributed by atoms with Crippen LogP contribution < -0.4 is 0 Å². The molecule has 7 nitrogen and oxygen atoms in total. The quantitative estimate of drug-likeness (QED) is 0.276. The predicted molar refractivity (Wildman–Crippen MR) is 149 cm³/mol. The van der Waals surface area contributed by atoms with Gasteiger partial charge in [-0.25, -0.2) is 4.98 Å². The first-order valence-corrected chi connectivity index (χ1v) is 13.6. The van der Waals surface area contributed by atoms with Crippen molar-refractivity contribution in [2.75, 3.05) is 13.1 Å². The molecule has 6 aromatic rings. The first-order valence-electron chi connectivity index (χ1n) is 12.8.